The Morgan fingerprint density at radius 2 is 1.59 bits per heavy atom. The van der Waals surface area contributed by atoms with E-state index in [0.29, 0.717) is 23.6 Å². The number of amides is 4. The third-order valence-corrected chi connectivity index (χ3v) is 7.01. The van der Waals surface area contributed by atoms with Gasteiger partial charge in [-0.2, -0.15) is 0 Å². The minimum absolute atomic E-state index is 0.0891. The zero-order valence-electron chi connectivity index (χ0n) is 26.3. The summed E-state index contributed by atoms with van der Waals surface area (Å²) in [4.78, 5) is 54.9. The van der Waals surface area contributed by atoms with Gasteiger partial charge in [0.25, 0.3) is 5.91 Å². The molecule has 3 atom stereocenters. The number of ether oxygens (including phenoxy) is 1. The van der Waals surface area contributed by atoms with Crippen molar-refractivity contribution in [3.05, 3.63) is 72.3 Å². The second-order valence-electron chi connectivity index (χ2n) is 12.5. The molecule has 3 aromatic carbocycles. The van der Waals surface area contributed by atoms with Crippen LogP contribution >= 0.6 is 0 Å². The molecule has 10 nitrogen and oxygen atoms in total. The summed E-state index contributed by atoms with van der Waals surface area (Å²) < 4.78 is 5.36. The number of nitrogens with zero attached hydrogens (tertiary/aromatic N) is 1. The topological polar surface area (TPSA) is 151 Å². The number of phenolic OH excluding ortho intramolecular Hbond substituents is 1. The minimum Gasteiger partial charge on any atom is -0.508 e. The molecule has 0 saturated carbocycles. The van der Waals surface area contributed by atoms with Gasteiger partial charge in [-0.1, -0.05) is 56.3 Å². The predicted molar refractivity (Wildman–Crippen MR) is 171 cm³/mol. The Morgan fingerprint density at radius 1 is 0.909 bits per heavy atom. The van der Waals surface area contributed by atoms with E-state index in [9.17, 15) is 24.3 Å². The van der Waals surface area contributed by atoms with E-state index in [1.807, 2.05) is 43.3 Å². The van der Waals surface area contributed by atoms with Crippen molar-refractivity contribution >= 4 is 40.3 Å². The molecule has 0 bridgehead atoms. The first-order chi connectivity index (χ1) is 20.6. The molecular formula is C34H44N4O6. The van der Waals surface area contributed by atoms with Gasteiger partial charge in [-0.15, -0.1) is 0 Å². The molecule has 0 aliphatic carbocycles. The molecule has 4 amide bonds. The molecule has 3 unspecified atom stereocenters. The van der Waals surface area contributed by atoms with Gasteiger partial charge in [0.15, 0.2) is 0 Å². The van der Waals surface area contributed by atoms with E-state index in [1.165, 1.54) is 17.0 Å². The lowest BCUT2D eigenvalue weighted by Crippen LogP contribution is -2.55. The number of fused-ring (bicyclic) bond motifs is 1. The largest absolute Gasteiger partial charge is 0.508 e. The number of anilines is 1. The van der Waals surface area contributed by atoms with Crippen molar-refractivity contribution in [3.63, 3.8) is 0 Å². The molecule has 5 N–H and O–H groups in total. The van der Waals surface area contributed by atoms with Gasteiger partial charge < -0.3 is 31.1 Å². The van der Waals surface area contributed by atoms with E-state index in [-0.39, 0.29) is 5.75 Å². The number of carbonyl (C=O) groups is 4. The molecule has 44 heavy (non-hydrogen) atoms. The van der Waals surface area contributed by atoms with Gasteiger partial charge in [0.05, 0.1) is 6.42 Å². The van der Waals surface area contributed by atoms with Gasteiger partial charge in [0, 0.05) is 11.7 Å². The van der Waals surface area contributed by atoms with Crippen LogP contribution in [0.4, 0.5) is 10.5 Å². The van der Waals surface area contributed by atoms with Crippen LogP contribution < -0.4 is 16.4 Å². The molecule has 0 radical (unpaired) electrons. The van der Waals surface area contributed by atoms with E-state index in [2.05, 4.69) is 24.5 Å². The van der Waals surface area contributed by atoms with Crippen LogP contribution in [0.1, 0.15) is 72.4 Å². The van der Waals surface area contributed by atoms with Crippen molar-refractivity contribution in [1.82, 2.24) is 10.2 Å². The van der Waals surface area contributed by atoms with Gasteiger partial charge in [0.2, 0.25) is 11.8 Å². The Morgan fingerprint density at radius 3 is 2.20 bits per heavy atom. The number of hydrogen-bond acceptors (Lipinski definition) is 6. The second kappa shape index (κ2) is 14.7. The van der Waals surface area contributed by atoms with Crippen LogP contribution in [0, 0.1) is 5.92 Å². The maximum Gasteiger partial charge on any atom is 0.408 e. The summed E-state index contributed by atoms with van der Waals surface area (Å²) in [6.45, 7) is 10.9. The van der Waals surface area contributed by atoms with Crippen LogP contribution in [0.5, 0.6) is 5.75 Å². The summed E-state index contributed by atoms with van der Waals surface area (Å²) in [6, 6.07) is 16.2. The zero-order valence-corrected chi connectivity index (χ0v) is 26.3. The lowest BCUT2D eigenvalue weighted by molar-refractivity contribution is -0.144. The molecule has 0 fully saturated rings. The highest BCUT2D eigenvalue weighted by molar-refractivity contribution is 6.01. The smallest absolute Gasteiger partial charge is 0.408 e. The molecule has 0 spiro atoms. The normalized spacial score (nSPS) is 13.5. The first-order valence-electron chi connectivity index (χ1n) is 14.8. The number of nitrogens with one attached hydrogen (secondary N) is 2. The van der Waals surface area contributed by atoms with Gasteiger partial charge in [-0.05, 0) is 87.1 Å². The first kappa shape index (κ1) is 33.9. The molecule has 236 valence electrons. The quantitative estimate of drug-likeness (QED) is 0.210. The van der Waals surface area contributed by atoms with Gasteiger partial charge in [-0.25, -0.2) is 4.79 Å². The first-order valence-corrected chi connectivity index (χ1v) is 14.8. The number of nitrogens with two attached hydrogens (primary N) is 1. The lowest BCUT2D eigenvalue weighted by Gasteiger charge is -2.38. The van der Waals surface area contributed by atoms with Crippen LogP contribution in [-0.4, -0.2) is 51.5 Å². The minimum atomic E-state index is -1.41. The molecule has 3 rings (SSSR count). The fourth-order valence-corrected chi connectivity index (χ4v) is 4.95. The second-order valence-corrected chi connectivity index (χ2v) is 12.5. The van der Waals surface area contributed by atoms with E-state index in [4.69, 9.17) is 10.5 Å². The molecule has 0 heterocycles. The number of benzene rings is 3. The van der Waals surface area contributed by atoms with E-state index in [0.717, 1.165) is 17.2 Å². The Hall–Kier alpha value is -4.60. The number of carbonyl (C=O) groups excluding carboxylic acids is 4. The van der Waals surface area contributed by atoms with Gasteiger partial charge in [-0.3, -0.25) is 14.4 Å². The SMILES string of the molecule is CC(C)CCC(C)N(C(=O)C(CC(N)=O)NC(=O)OC(C)(C)C)C(C(=O)Nc1ccc2ccccc2c1)c1cccc(O)c1. The highest BCUT2D eigenvalue weighted by Crippen LogP contribution is 2.31. The summed E-state index contributed by atoms with van der Waals surface area (Å²) in [6.07, 6.45) is -0.145. The summed E-state index contributed by atoms with van der Waals surface area (Å²) in [7, 11) is 0. The average Bonchev–Trinajstić information content (AvgIpc) is 2.92. The van der Waals surface area contributed by atoms with Gasteiger partial charge >= 0.3 is 6.09 Å². The average molecular weight is 605 g/mol. The van der Waals surface area contributed by atoms with Gasteiger partial charge in [0.1, 0.15) is 23.4 Å². The summed E-state index contributed by atoms with van der Waals surface area (Å²) in [5.74, 6) is -1.82. The molecule has 0 aliphatic heterocycles. The van der Waals surface area contributed by atoms with Crippen molar-refractivity contribution in [2.45, 2.75) is 84.5 Å². The van der Waals surface area contributed by atoms with Crippen molar-refractivity contribution in [2.75, 3.05) is 5.32 Å². The molecule has 0 saturated heterocycles. The zero-order chi connectivity index (χ0) is 32.6. The maximum absolute atomic E-state index is 14.4. The predicted octanol–water partition coefficient (Wildman–Crippen LogP) is 5.65. The van der Waals surface area contributed by atoms with Crippen molar-refractivity contribution < 1.29 is 29.0 Å². The number of alkyl carbamates (subject to hydrolysis) is 1. The molecule has 0 aromatic heterocycles. The monoisotopic (exact) mass is 604 g/mol. The van der Waals surface area contributed by atoms with E-state index in [1.54, 1.807) is 39.0 Å². The molecular weight excluding hydrogens is 560 g/mol. The number of primary amides is 1. The number of phenols is 1. The van der Waals surface area contributed by atoms with E-state index < -0.39 is 54.0 Å². The van der Waals surface area contributed by atoms with Crippen LogP contribution in [0.15, 0.2) is 66.7 Å². The van der Waals surface area contributed by atoms with Crippen LogP contribution in [0.2, 0.25) is 0 Å². The molecule has 3 aromatic rings. The highest BCUT2D eigenvalue weighted by atomic mass is 16.6. The fourth-order valence-electron chi connectivity index (χ4n) is 4.95. The Labute approximate surface area is 258 Å². The Bertz CT molecular complexity index is 1480. The van der Waals surface area contributed by atoms with Crippen molar-refractivity contribution in [1.29, 1.82) is 0 Å². The lowest BCUT2D eigenvalue weighted by atomic mass is 9.96. The number of hydrogen-bond donors (Lipinski definition) is 4. The van der Waals surface area contributed by atoms with E-state index >= 15 is 0 Å². The number of rotatable bonds is 12. The molecule has 0 aliphatic rings. The van der Waals surface area contributed by atoms with Crippen LogP contribution in [0.3, 0.4) is 0 Å². The molecule has 10 heteroatoms. The van der Waals surface area contributed by atoms with Crippen LogP contribution in [0.25, 0.3) is 10.8 Å². The van der Waals surface area contributed by atoms with Crippen molar-refractivity contribution in [2.24, 2.45) is 11.7 Å². The third kappa shape index (κ3) is 9.72. The number of aromatic hydroxyl groups is 1. The van der Waals surface area contributed by atoms with Crippen LogP contribution in [-0.2, 0) is 19.1 Å². The summed E-state index contributed by atoms with van der Waals surface area (Å²) in [5, 5.41) is 17.7. The Kier molecular flexibility index (Phi) is 11.3. The Balaban J connectivity index is 2.10. The maximum atomic E-state index is 14.4. The van der Waals surface area contributed by atoms with Crippen molar-refractivity contribution in [3.8, 4) is 5.75 Å². The summed E-state index contributed by atoms with van der Waals surface area (Å²) in [5.41, 5.74) is 5.51. The highest BCUT2D eigenvalue weighted by Gasteiger charge is 2.39. The summed E-state index contributed by atoms with van der Waals surface area (Å²) >= 11 is 0. The standard InChI is InChI=1S/C34H44N4O6/c1-21(2)14-15-22(3)38(32(42)28(20-29(35)40)37-33(43)44-34(4,5)6)30(25-12-9-13-27(39)19-25)31(41)36-26-17-16-23-10-7-8-11-24(23)18-26/h7-13,16-19,21-22,28,30,39H,14-15,20H2,1-6H3,(H2,35,40)(H,36,41)(H,37,43). The third-order valence-electron chi connectivity index (χ3n) is 7.01. The fraction of sp³-hybridized carbons (Fsp3) is 0.412.